The van der Waals surface area contributed by atoms with E-state index < -0.39 is 0 Å². The molecule has 1 unspecified atom stereocenters. The molecule has 0 fully saturated rings. The van der Waals surface area contributed by atoms with Crippen molar-refractivity contribution in [2.75, 3.05) is 6.54 Å². The molecule has 5 nitrogen and oxygen atoms in total. The van der Waals surface area contributed by atoms with Crippen molar-refractivity contribution >= 4 is 28.3 Å². The van der Waals surface area contributed by atoms with E-state index in [1.165, 1.54) is 27.9 Å². The minimum Gasteiger partial charge on any atom is -0.338 e. The molecule has 6 heteroatoms. The number of aromatic nitrogens is 2. The lowest BCUT2D eigenvalue weighted by atomic mass is 10.1. The van der Waals surface area contributed by atoms with Crippen molar-refractivity contribution in [3.05, 3.63) is 59.1 Å². The fraction of sp³-hybridized carbons (Fsp3) is 0.235. The van der Waals surface area contributed by atoms with Crippen LogP contribution in [-0.4, -0.2) is 22.2 Å². The van der Waals surface area contributed by atoms with Gasteiger partial charge in [-0.25, -0.2) is 4.79 Å². The number of fused-ring (bicyclic) bond motifs is 1. The van der Waals surface area contributed by atoms with E-state index in [9.17, 15) is 4.79 Å². The summed E-state index contributed by atoms with van der Waals surface area (Å²) in [4.78, 5) is 11.9. The van der Waals surface area contributed by atoms with Gasteiger partial charge in [0.2, 0.25) is 0 Å². The molecule has 3 aromatic rings. The van der Waals surface area contributed by atoms with Gasteiger partial charge in [-0.1, -0.05) is 47.0 Å². The lowest BCUT2D eigenvalue weighted by molar-refractivity contribution is 0.238. The maximum Gasteiger partial charge on any atom is 0.315 e. The topological polar surface area (TPSA) is 66.9 Å². The number of benzene rings is 2. The van der Waals surface area contributed by atoms with Gasteiger partial charge < -0.3 is 10.6 Å². The second-order valence-electron chi connectivity index (χ2n) is 5.38. The molecule has 3 rings (SSSR count). The minimum atomic E-state index is -0.189. The van der Waals surface area contributed by atoms with Crippen LogP contribution in [0.1, 0.15) is 24.2 Å². The van der Waals surface area contributed by atoms with Crippen LogP contribution >= 0.6 is 11.5 Å². The second-order valence-corrected chi connectivity index (χ2v) is 5.99. The summed E-state index contributed by atoms with van der Waals surface area (Å²) in [5.41, 5.74) is 1.99. The number of urea groups is 1. The van der Waals surface area contributed by atoms with Crippen LogP contribution in [0.15, 0.2) is 47.8 Å². The molecule has 0 aliphatic heterocycles. The van der Waals surface area contributed by atoms with Gasteiger partial charge in [0.05, 0.1) is 11.7 Å². The zero-order valence-corrected chi connectivity index (χ0v) is 13.6. The summed E-state index contributed by atoms with van der Waals surface area (Å²) in [5.74, 6) is 0. The number of amides is 2. The molecule has 2 N–H and O–H groups in total. The average Bonchev–Trinajstić information content (AvgIpc) is 3.09. The lowest BCUT2D eigenvalue weighted by Gasteiger charge is -2.12. The van der Waals surface area contributed by atoms with Gasteiger partial charge in [0.1, 0.15) is 0 Å². The van der Waals surface area contributed by atoms with Crippen molar-refractivity contribution in [1.29, 1.82) is 0 Å². The molecule has 0 saturated heterocycles. The highest BCUT2D eigenvalue weighted by molar-refractivity contribution is 7.03. The number of nitrogens with zero attached hydrogens (tertiary/aromatic N) is 2. The molecule has 0 aliphatic carbocycles. The van der Waals surface area contributed by atoms with Crippen molar-refractivity contribution in [2.45, 2.75) is 19.4 Å². The van der Waals surface area contributed by atoms with Crippen molar-refractivity contribution in [3.8, 4) is 0 Å². The standard InChI is InChI=1S/C17H18N4OS/c1-12(16-11-23-21-20-16)19-17(22)18-9-8-13-6-7-14-4-2-3-5-15(14)10-13/h2-7,10-12H,8-9H2,1H3,(H2,18,19,22). The maximum absolute atomic E-state index is 11.9. The van der Waals surface area contributed by atoms with E-state index in [1.54, 1.807) is 0 Å². The van der Waals surface area contributed by atoms with E-state index in [0.29, 0.717) is 6.54 Å². The van der Waals surface area contributed by atoms with E-state index in [4.69, 9.17) is 0 Å². The van der Waals surface area contributed by atoms with Gasteiger partial charge in [-0.15, -0.1) is 5.10 Å². The van der Waals surface area contributed by atoms with Gasteiger partial charge in [-0.05, 0) is 41.2 Å². The van der Waals surface area contributed by atoms with Crippen LogP contribution in [-0.2, 0) is 6.42 Å². The number of nitrogens with one attached hydrogen (secondary N) is 2. The van der Waals surface area contributed by atoms with E-state index in [-0.39, 0.29) is 12.1 Å². The molecule has 118 valence electrons. The largest absolute Gasteiger partial charge is 0.338 e. The van der Waals surface area contributed by atoms with Crippen LogP contribution in [0.3, 0.4) is 0 Å². The summed E-state index contributed by atoms with van der Waals surface area (Å²) in [5, 5.41) is 14.0. The molecule has 2 amide bonds. The third-order valence-electron chi connectivity index (χ3n) is 3.68. The first kappa shape index (κ1) is 15.4. The quantitative estimate of drug-likeness (QED) is 0.756. The molecule has 1 aromatic heterocycles. The highest BCUT2D eigenvalue weighted by atomic mass is 32.1. The fourth-order valence-corrected chi connectivity index (χ4v) is 2.94. The van der Waals surface area contributed by atoms with Gasteiger partial charge in [-0.2, -0.15) is 0 Å². The van der Waals surface area contributed by atoms with E-state index >= 15 is 0 Å². The lowest BCUT2D eigenvalue weighted by Crippen LogP contribution is -2.38. The maximum atomic E-state index is 11.9. The second kappa shape index (κ2) is 7.19. The van der Waals surface area contributed by atoms with Crippen molar-refractivity contribution < 1.29 is 4.79 Å². The summed E-state index contributed by atoms with van der Waals surface area (Å²) in [6.45, 7) is 2.48. The number of carbonyl (C=O) groups is 1. The van der Waals surface area contributed by atoms with Crippen molar-refractivity contribution in [3.63, 3.8) is 0 Å². The normalized spacial score (nSPS) is 12.0. The van der Waals surface area contributed by atoms with Crippen LogP contribution < -0.4 is 10.6 Å². The Kier molecular flexibility index (Phi) is 4.83. The molecule has 23 heavy (non-hydrogen) atoms. The van der Waals surface area contributed by atoms with Crippen molar-refractivity contribution in [1.82, 2.24) is 20.2 Å². The highest BCUT2D eigenvalue weighted by Crippen LogP contribution is 2.15. The number of hydrogen-bond donors (Lipinski definition) is 2. The highest BCUT2D eigenvalue weighted by Gasteiger charge is 2.11. The van der Waals surface area contributed by atoms with Gasteiger partial charge in [0.15, 0.2) is 0 Å². The van der Waals surface area contributed by atoms with Crippen LogP contribution in [0, 0.1) is 0 Å². The first-order valence-electron chi connectivity index (χ1n) is 7.51. The molecule has 1 heterocycles. The minimum absolute atomic E-state index is 0.144. The van der Waals surface area contributed by atoms with E-state index in [0.717, 1.165) is 12.1 Å². The Bertz CT molecular complexity index is 788. The zero-order chi connectivity index (χ0) is 16.1. The van der Waals surface area contributed by atoms with Crippen LogP contribution in [0.25, 0.3) is 10.8 Å². The monoisotopic (exact) mass is 326 g/mol. The summed E-state index contributed by atoms with van der Waals surface area (Å²) in [7, 11) is 0. The molecule has 0 spiro atoms. The van der Waals surface area contributed by atoms with Crippen LogP contribution in [0.2, 0.25) is 0 Å². The SMILES string of the molecule is CC(NC(=O)NCCc1ccc2ccccc2c1)c1csnn1. The predicted molar refractivity (Wildman–Crippen MR) is 92.5 cm³/mol. The van der Waals surface area contributed by atoms with Gasteiger partial charge >= 0.3 is 6.03 Å². The number of carbonyl (C=O) groups excluding carboxylic acids is 1. The first-order valence-corrected chi connectivity index (χ1v) is 8.35. The fourth-order valence-electron chi connectivity index (χ4n) is 2.40. The average molecular weight is 326 g/mol. The number of rotatable bonds is 5. The number of hydrogen-bond acceptors (Lipinski definition) is 4. The third kappa shape index (κ3) is 4.04. The predicted octanol–water partition coefficient (Wildman–Crippen LogP) is 3.29. The summed E-state index contributed by atoms with van der Waals surface area (Å²) < 4.78 is 3.80. The Hall–Kier alpha value is -2.47. The Labute approximate surface area is 138 Å². The summed E-state index contributed by atoms with van der Waals surface area (Å²) in [6, 6.07) is 14.3. The van der Waals surface area contributed by atoms with Gasteiger partial charge in [-0.3, -0.25) is 0 Å². The summed E-state index contributed by atoms with van der Waals surface area (Å²) in [6.07, 6.45) is 0.797. The molecular formula is C17H18N4OS. The van der Waals surface area contributed by atoms with Gasteiger partial charge in [0, 0.05) is 11.9 Å². The molecule has 0 aliphatic rings. The van der Waals surface area contributed by atoms with Crippen LogP contribution in [0.5, 0.6) is 0 Å². The molecule has 0 radical (unpaired) electrons. The Morgan fingerprint density at radius 1 is 1.22 bits per heavy atom. The molecule has 1 atom stereocenters. The van der Waals surface area contributed by atoms with Gasteiger partial charge in [0.25, 0.3) is 0 Å². The first-order chi connectivity index (χ1) is 11.2. The third-order valence-corrected chi connectivity index (χ3v) is 4.20. The Morgan fingerprint density at radius 2 is 2.04 bits per heavy atom. The van der Waals surface area contributed by atoms with Crippen molar-refractivity contribution in [2.24, 2.45) is 0 Å². The van der Waals surface area contributed by atoms with E-state index in [1.807, 2.05) is 24.4 Å². The Balaban J connectivity index is 1.49. The Morgan fingerprint density at radius 3 is 2.83 bits per heavy atom. The smallest absolute Gasteiger partial charge is 0.315 e. The summed E-state index contributed by atoms with van der Waals surface area (Å²) >= 11 is 1.28. The van der Waals surface area contributed by atoms with E-state index in [2.05, 4.69) is 50.6 Å². The van der Waals surface area contributed by atoms with Crippen LogP contribution in [0.4, 0.5) is 4.79 Å². The molecule has 0 saturated carbocycles. The molecular weight excluding hydrogens is 308 g/mol. The zero-order valence-electron chi connectivity index (χ0n) is 12.8. The molecule has 0 bridgehead atoms. The molecule has 2 aromatic carbocycles.